The van der Waals surface area contributed by atoms with Crippen LogP contribution in [0.5, 0.6) is 0 Å². The first-order valence-corrected chi connectivity index (χ1v) is 9.05. The Balaban J connectivity index is 1.64. The molecule has 0 spiro atoms. The van der Waals surface area contributed by atoms with Crippen molar-refractivity contribution in [3.8, 4) is 5.95 Å². The Morgan fingerprint density at radius 2 is 1.76 bits per heavy atom. The third-order valence-electron chi connectivity index (χ3n) is 4.31. The number of anilines is 1. The van der Waals surface area contributed by atoms with Crippen molar-refractivity contribution in [1.29, 1.82) is 0 Å². The molecule has 29 heavy (non-hydrogen) atoms. The van der Waals surface area contributed by atoms with Crippen molar-refractivity contribution >= 4 is 22.6 Å². The number of nitrogens with one attached hydrogen (secondary N) is 1. The van der Waals surface area contributed by atoms with Crippen molar-refractivity contribution in [2.75, 3.05) is 5.32 Å². The summed E-state index contributed by atoms with van der Waals surface area (Å²) in [5.41, 5.74) is 2.74. The molecular formula is C20H19N7O2. The van der Waals surface area contributed by atoms with Crippen LogP contribution in [0.3, 0.4) is 0 Å². The fraction of sp³-hybridized carbons (Fsp3) is 0.200. The fourth-order valence-corrected chi connectivity index (χ4v) is 3.15. The number of benzene rings is 1. The average molecular weight is 389 g/mol. The summed E-state index contributed by atoms with van der Waals surface area (Å²) in [6, 6.07) is 10.7. The Kier molecular flexibility index (Phi) is 4.63. The summed E-state index contributed by atoms with van der Waals surface area (Å²) in [5, 5.41) is 11.8. The second kappa shape index (κ2) is 7.27. The topological polar surface area (TPSA) is 108 Å². The fourth-order valence-electron chi connectivity index (χ4n) is 3.15. The minimum atomic E-state index is -0.308. The molecule has 0 saturated carbocycles. The van der Waals surface area contributed by atoms with Crippen molar-refractivity contribution in [3.05, 3.63) is 69.9 Å². The molecule has 9 heteroatoms. The smallest absolute Gasteiger partial charge is 0.252 e. The lowest BCUT2D eigenvalue weighted by Gasteiger charge is -2.11. The van der Waals surface area contributed by atoms with E-state index in [4.69, 9.17) is 0 Å². The molecule has 4 aromatic rings. The molecular weight excluding hydrogens is 370 g/mol. The van der Waals surface area contributed by atoms with Gasteiger partial charge in [-0.05, 0) is 39.0 Å². The van der Waals surface area contributed by atoms with Gasteiger partial charge in [0, 0.05) is 22.8 Å². The van der Waals surface area contributed by atoms with Crippen molar-refractivity contribution in [2.24, 2.45) is 0 Å². The van der Waals surface area contributed by atoms with Crippen LogP contribution in [-0.4, -0.2) is 35.4 Å². The number of nitrogens with zero attached hydrogens (tertiary/aromatic N) is 6. The largest absolute Gasteiger partial charge is 0.309 e. The van der Waals surface area contributed by atoms with Gasteiger partial charge < -0.3 is 5.32 Å². The predicted molar refractivity (Wildman–Crippen MR) is 108 cm³/mol. The van der Waals surface area contributed by atoms with E-state index in [1.165, 1.54) is 15.6 Å². The minimum Gasteiger partial charge on any atom is -0.309 e. The summed E-state index contributed by atoms with van der Waals surface area (Å²) >= 11 is 0. The molecule has 0 fully saturated rings. The van der Waals surface area contributed by atoms with Crippen LogP contribution in [0.15, 0.2) is 47.4 Å². The van der Waals surface area contributed by atoms with E-state index >= 15 is 0 Å². The number of carbonyl (C=O) groups is 1. The van der Waals surface area contributed by atoms with Crippen molar-refractivity contribution < 1.29 is 4.79 Å². The number of rotatable bonds is 4. The van der Waals surface area contributed by atoms with Gasteiger partial charge in [0.2, 0.25) is 11.3 Å². The van der Waals surface area contributed by atoms with E-state index in [0.717, 1.165) is 17.1 Å². The van der Waals surface area contributed by atoms with E-state index in [0.29, 0.717) is 22.7 Å². The molecule has 1 N–H and O–H groups in total. The zero-order valence-corrected chi connectivity index (χ0v) is 16.2. The van der Waals surface area contributed by atoms with Crippen molar-refractivity contribution in [2.45, 2.75) is 27.3 Å². The molecule has 0 saturated heterocycles. The monoisotopic (exact) mass is 389 g/mol. The summed E-state index contributed by atoms with van der Waals surface area (Å²) in [6.45, 7) is 5.52. The highest BCUT2D eigenvalue weighted by Crippen LogP contribution is 2.16. The number of aryl methyl sites for hydroxylation is 3. The van der Waals surface area contributed by atoms with Crippen LogP contribution in [-0.2, 0) is 11.3 Å². The van der Waals surface area contributed by atoms with Gasteiger partial charge in [-0.3, -0.25) is 14.3 Å². The Morgan fingerprint density at radius 3 is 2.52 bits per heavy atom. The van der Waals surface area contributed by atoms with Gasteiger partial charge in [0.15, 0.2) is 0 Å². The molecule has 1 amide bonds. The van der Waals surface area contributed by atoms with E-state index in [-0.39, 0.29) is 17.9 Å². The van der Waals surface area contributed by atoms with E-state index < -0.39 is 0 Å². The number of para-hydroxylation sites is 1. The number of carbonyl (C=O) groups excluding carboxylic acids is 1. The van der Waals surface area contributed by atoms with Crippen molar-refractivity contribution in [3.63, 3.8) is 0 Å². The van der Waals surface area contributed by atoms with E-state index in [1.54, 1.807) is 30.3 Å². The molecule has 3 heterocycles. The van der Waals surface area contributed by atoms with Crippen LogP contribution in [0.25, 0.3) is 16.9 Å². The summed E-state index contributed by atoms with van der Waals surface area (Å²) < 4.78 is 3.00. The molecule has 1 aromatic carbocycles. The summed E-state index contributed by atoms with van der Waals surface area (Å²) in [7, 11) is 0. The second-order valence-corrected chi connectivity index (χ2v) is 6.77. The predicted octanol–water partition coefficient (Wildman–Crippen LogP) is 1.94. The maximum absolute atomic E-state index is 12.7. The Labute approximate surface area is 166 Å². The quantitative estimate of drug-likeness (QED) is 0.571. The SMILES string of the molecule is Cc1cc(C)nc(-n2nc(C)cc2NC(=O)Cn2ncc(=O)c3ccccc32)n1. The molecule has 146 valence electrons. The number of fused-ring (bicyclic) bond motifs is 1. The van der Waals surface area contributed by atoms with Crippen LogP contribution >= 0.6 is 0 Å². The Bertz CT molecular complexity index is 1270. The van der Waals surface area contributed by atoms with E-state index in [2.05, 4.69) is 25.5 Å². The summed E-state index contributed by atoms with van der Waals surface area (Å²) in [4.78, 5) is 33.5. The van der Waals surface area contributed by atoms with Gasteiger partial charge in [-0.1, -0.05) is 12.1 Å². The van der Waals surface area contributed by atoms with Crippen LogP contribution in [0.1, 0.15) is 17.1 Å². The Hall–Kier alpha value is -3.88. The lowest BCUT2D eigenvalue weighted by atomic mass is 10.2. The average Bonchev–Trinajstić information content (AvgIpc) is 3.03. The van der Waals surface area contributed by atoms with Crippen LogP contribution in [0, 0.1) is 20.8 Å². The Morgan fingerprint density at radius 1 is 1.03 bits per heavy atom. The molecule has 9 nitrogen and oxygen atoms in total. The number of aromatic nitrogens is 6. The van der Waals surface area contributed by atoms with Gasteiger partial charge in [-0.2, -0.15) is 14.9 Å². The lowest BCUT2D eigenvalue weighted by Crippen LogP contribution is -2.24. The molecule has 0 bridgehead atoms. The standard InChI is InChI=1S/C20H19N7O2/c1-12-8-13(2)23-20(22-12)27-18(9-14(3)25-27)24-19(29)11-26-16-7-5-4-6-15(16)17(28)10-21-26/h4-10H,11H2,1-3H3,(H,24,29). The molecule has 0 atom stereocenters. The normalized spacial score (nSPS) is 11.0. The number of hydrogen-bond acceptors (Lipinski definition) is 6. The molecule has 0 unspecified atom stereocenters. The minimum absolute atomic E-state index is 0.0568. The first-order valence-electron chi connectivity index (χ1n) is 9.05. The molecule has 3 aromatic heterocycles. The molecule has 0 aliphatic carbocycles. The molecule has 0 radical (unpaired) electrons. The van der Waals surface area contributed by atoms with Crippen molar-refractivity contribution in [1.82, 2.24) is 29.5 Å². The van der Waals surface area contributed by atoms with Crippen LogP contribution in [0.4, 0.5) is 5.82 Å². The maximum Gasteiger partial charge on any atom is 0.252 e. The number of amides is 1. The third-order valence-corrected chi connectivity index (χ3v) is 4.31. The summed E-state index contributed by atoms with van der Waals surface area (Å²) in [5.74, 6) is 0.539. The molecule has 0 aliphatic heterocycles. The van der Waals surface area contributed by atoms with Gasteiger partial charge in [-0.15, -0.1) is 0 Å². The molecule has 0 aliphatic rings. The first-order chi connectivity index (χ1) is 13.9. The highest BCUT2D eigenvalue weighted by molar-refractivity contribution is 5.91. The van der Waals surface area contributed by atoms with Gasteiger partial charge in [-0.25, -0.2) is 9.97 Å². The van der Waals surface area contributed by atoms with Crippen LogP contribution in [0.2, 0.25) is 0 Å². The van der Waals surface area contributed by atoms with Gasteiger partial charge in [0.1, 0.15) is 12.4 Å². The highest BCUT2D eigenvalue weighted by Gasteiger charge is 2.15. The van der Waals surface area contributed by atoms with E-state index in [1.807, 2.05) is 26.8 Å². The third kappa shape index (κ3) is 3.75. The first kappa shape index (κ1) is 18.5. The van der Waals surface area contributed by atoms with Gasteiger partial charge in [0.05, 0.1) is 17.4 Å². The van der Waals surface area contributed by atoms with E-state index in [9.17, 15) is 9.59 Å². The highest BCUT2D eigenvalue weighted by atomic mass is 16.2. The second-order valence-electron chi connectivity index (χ2n) is 6.77. The maximum atomic E-state index is 12.7. The van der Waals surface area contributed by atoms with Gasteiger partial charge >= 0.3 is 0 Å². The molecule has 4 rings (SSSR count). The van der Waals surface area contributed by atoms with Crippen LogP contribution < -0.4 is 10.7 Å². The zero-order valence-electron chi connectivity index (χ0n) is 16.2. The lowest BCUT2D eigenvalue weighted by molar-refractivity contribution is -0.116. The van der Waals surface area contributed by atoms with Gasteiger partial charge in [0.25, 0.3) is 5.95 Å². The zero-order chi connectivity index (χ0) is 20.5. The number of hydrogen-bond donors (Lipinski definition) is 1. The summed E-state index contributed by atoms with van der Waals surface area (Å²) in [6.07, 6.45) is 1.22.